The van der Waals surface area contributed by atoms with Gasteiger partial charge in [-0.25, -0.2) is 13.2 Å². The molecule has 0 atom stereocenters. The van der Waals surface area contributed by atoms with Gasteiger partial charge in [-0.2, -0.15) is 0 Å². The Bertz CT molecular complexity index is 482. The highest BCUT2D eigenvalue weighted by Crippen LogP contribution is 2.23. The predicted octanol–water partition coefficient (Wildman–Crippen LogP) is 2.76. The Morgan fingerprint density at radius 1 is 1.19 bits per heavy atom. The molecule has 1 N–H and O–H groups in total. The zero-order valence-electron chi connectivity index (χ0n) is 8.19. The van der Waals surface area contributed by atoms with Crippen LogP contribution in [-0.4, -0.2) is 5.91 Å². The van der Waals surface area contributed by atoms with Gasteiger partial charge in [-0.05, 0) is 25.0 Å². The number of carbonyl (C=O) groups excluding carboxylic acids is 1. The van der Waals surface area contributed by atoms with Crippen LogP contribution in [0.3, 0.4) is 0 Å². The Kier molecular flexibility index (Phi) is 2.68. The van der Waals surface area contributed by atoms with Gasteiger partial charge >= 0.3 is 0 Å². The van der Waals surface area contributed by atoms with Crippen molar-refractivity contribution in [3.05, 3.63) is 41.2 Å². The summed E-state index contributed by atoms with van der Waals surface area (Å²) in [6.45, 7) is 0. The summed E-state index contributed by atoms with van der Waals surface area (Å²) in [5, 5.41) is 2.19. The largest absolute Gasteiger partial charge is 0.320 e. The molecule has 84 valence electrons. The standard InChI is InChI=1S/C11H8F3NO/c12-7-4-5-8(10(14)9(7)13)15-11(16)6-2-1-3-6/h2,4-5H,1,3H2,(H,15,16). The summed E-state index contributed by atoms with van der Waals surface area (Å²) in [5.41, 5.74) is 0.181. The second-order valence-electron chi connectivity index (χ2n) is 3.45. The van der Waals surface area contributed by atoms with Crippen LogP contribution in [0, 0.1) is 17.5 Å². The zero-order chi connectivity index (χ0) is 11.7. The van der Waals surface area contributed by atoms with Gasteiger partial charge in [0.15, 0.2) is 17.5 Å². The zero-order valence-corrected chi connectivity index (χ0v) is 8.19. The molecule has 5 heteroatoms. The van der Waals surface area contributed by atoms with Crippen LogP contribution >= 0.6 is 0 Å². The van der Waals surface area contributed by atoms with Gasteiger partial charge in [-0.3, -0.25) is 4.79 Å². The lowest BCUT2D eigenvalue weighted by Gasteiger charge is -2.14. The first kappa shape index (κ1) is 10.7. The third-order valence-corrected chi connectivity index (χ3v) is 2.38. The molecule has 1 aromatic carbocycles. The Labute approximate surface area is 89.8 Å². The van der Waals surface area contributed by atoms with Crippen LogP contribution in [0.15, 0.2) is 23.8 Å². The monoisotopic (exact) mass is 227 g/mol. The molecule has 0 saturated heterocycles. The normalized spacial score (nSPS) is 14.1. The number of nitrogens with one attached hydrogen (secondary N) is 1. The second kappa shape index (κ2) is 4.00. The van der Waals surface area contributed by atoms with E-state index < -0.39 is 23.4 Å². The highest BCUT2D eigenvalue weighted by atomic mass is 19.2. The number of hydrogen-bond acceptors (Lipinski definition) is 1. The first-order chi connectivity index (χ1) is 7.59. The fourth-order valence-electron chi connectivity index (χ4n) is 1.32. The smallest absolute Gasteiger partial charge is 0.251 e. The number of anilines is 1. The molecular weight excluding hydrogens is 219 g/mol. The fourth-order valence-corrected chi connectivity index (χ4v) is 1.32. The van der Waals surface area contributed by atoms with Crippen molar-refractivity contribution in [2.24, 2.45) is 0 Å². The van der Waals surface area contributed by atoms with E-state index >= 15 is 0 Å². The van der Waals surface area contributed by atoms with Gasteiger partial charge in [-0.1, -0.05) is 6.08 Å². The molecule has 2 nitrogen and oxygen atoms in total. The van der Waals surface area contributed by atoms with Crippen molar-refractivity contribution in [1.82, 2.24) is 0 Å². The minimum absolute atomic E-state index is 0.350. The van der Waals surface area contributed by atoms with Gasteiger partial charge < -0.3 is 5.32 Å². The molecule has 0 unspecified atom stereocenters. The SMILES string of the molecule is O=C(Nc1ccc(F)c(F)c1F)C1=CCC1. The maximum atomic E-state index is 13.2. The molecule has 0 saturated carbocycles. The summed E-state index contributed by atoms with van der Waals surface area (Å²) in [6, 6.07) is 1.76. The number of allylic oxidation sites excluding steroid dienone is 1. The Balaban J connectivity index is 2.21. The lowest BCUT2D eigenvalue weighted by molar-refractivity contribution is -0.113. The average Bonchev–Trinajstić information content (AvgIpc) is 2.16. The number of halogens is 3. The van der Waals surface area contributed by atoms with Crippen LogP contribution in [-0.2, 0) is 4.79 Å². The van der Waals surface area contributed by atoms with Crippen LogP contribution < -0.4 is 5.32 Å². The molecule has 0 fully saturated rings. The Hall–Kier alpha value is -1.78. The number of benzene rings is 1. The third-order valence-electron chi connectivity index (χ3n) is 2.38. The van der Waals surface area contributed by atoms with Crippen molar-refractivity contribution >= 4 is 11.6 Å². The van der Waals surface area contributed by atoms with E-state index in [-0.39, 0.29) is 5.69 Å². The average molecular weight is 227 g/mol. The van der Waals surface area contributed by atoms with Crippen LogP contribution in [0.1, 0.15) is 12.8 Å². The lowest BCUT2D eigenvalue weighted by Crippen LogP contribution is -2.18. The van der Waals surface area contributed by atoms with Crippen LogP contribution in [0.4, 0.5) is 18.9 Å². The van der Waals surface area contributed by atoms with Crippen molar-refractivity contribution in [2.45, 2.75) is 12.8 Å². The molecular formula is C11H8F3NO. The van der Waals surface area contributed by atoms with E-state index in [2.05, 4.69) is 5.32 Å². The third kappa shape index (κ3) is 1.80. The summed E-state index contributed by atoms with van der Waals surface area (Å²) in [4.78, 5) is 11.4. The van der Waals surface area contributed by atoms with Gasteiger partial charge in [0.2, 0.25) is 0 Å². The molecule has 1 amide bonds. The van der Waals surface area contributed by atoms with Crippen molar-refractivity contribution in [3.8, 4) is 0 Å². The minimum Gasteiger partial charge on any atom is -0.320 e. The van der Waals surface area contributed by atoms with E-state index in [0.29, 0.717) is 12.0 Å². The first-order valence-corrected chi connectivity index (χ1v) is 4.73. The van der Waals surface area contributed by atoms with E-state index in [1.165, 1.54) is 0 Å². The molecule has 0 heterocycles. The van der Waals surface area contributed by atoms with E-state index in [9.17, 15) is 18.0 Å². The van der Waals surface area contributed by atoms with E-state index in [1.54, 1.807) is 6.08 Å². The number of rotatable bonds is 2. The minimum atomic E-state index is -1.58. The summed E-state index contributed by atoms with van der Waals surface area (Å²) >= 11 is 0. The van der Waals surface area contributed by atoms with E-state index in [4.69, 9.17) is 0 Å². The number of hydrogen-bond donors (Lipinski definition) is 1. The number of amides is 1. The Morgan fingerprint density at radius 3 is 2.44 bits per heavy atom. The quantitative estimate of drug-likeness (QED) is 0.773. The molecule has 1 aliphatic carbocycles. The van der Waals surface area contributed by atoms with Gasteiger partial charge in [-0.15, -0.1) is 0 Å². The molecule has 1 aliphatic rings. The summed E-state index contributed by atoms with van der Waals surface area (Å²) in [7, 11) is 0. The molecule has 0 spiro atoms. The van der Waals surface area contributed by atoms with Crippen LogP contribution in [0.5, 0.6) is 0 Å². The lowest BCUT2D eigenvalue weighted by atomic mass is 9.98. The second-order valence-corrected chi connectivity index (χ2v) is 3.45. The maximum absolute atomic E-state index is 13.2. The van der Waals surface area contributed by atoms with Gasteiger partial charge in [0.1, 0.15) is 0 Å². The van der Waals surface area contributed by atoms with Crippen molar-refractivity contribution in [2.75, 3.05) is 5.32 Å². The van der Waals surface area contributed by atoms with Crippen molar-refractivity contribution in [3.63, 3.8) is 0 Å². The topological polar surface area (TPSA) is 29.1 Å². The van der Waals surface area contributed by atoms with Crippen molar-refractivity contribution in [1.29, 1.82) is 0 Å². The maximum Gasteiger partial charge on any atom is 0.251 e. The highest BCUT2D eigenvalue weighted by Gasteiger charge is 2.18. The summed E-state index contributed by atoms with van der Waals surface area (Å²) in [6.07, 6.45) is 3.13. The van der Waals surface area contributed by atoms with Crippen LogP contribution in [0.25, 0.3) is 0 Å². The van der Waals surface area contributed by atoms with Gasteiger partial charge in [0, 0.05) is 5.57 Å². The molecule has 16 heavy (non-hydrogen) atoms. The predicted molar refractivity (Wildman–Crippen MR) is 52.3 cm³/mol. The highest BCUT2D eigenvalue weighted by molar-refractivity contribution is 6.04. The Morgan fingerprint density at radius 2 is 1.88 bits per heavy atom. The molecule has 0 radical (unpaired) electrons. The van der Waals surface area contributed by atoms with Gasteiger partial charge in [0.25, 0.3) is 5.91 Å². The van der Waals surface area contributed by atoms with E-state index in [1.807, 2.05) is 0 Å². The molecule has 2 rings (SSSR count). The van der Waals surface area contributed by atoms with Crippen LogP contribution in [0.2, 0.25) is 0 Å². The van der Waals surface area contributed by atoms with Crippen molar-refractivity contribution < 1.29 is 18.0 Å². The van der Waals surface area contributed by atoms with Gasteiger partial charge in [0.05, 0.1) is 5.69 Å². The first-order valence-electron chi connectivity index (χ1n) is 4.73. The number of carbonyl (C=O) groups is 1. The summed E-state index contributed by atoms with van der Waals surface area (Å²) < 4.78 is 38.6. The molecule has 0 bridgehead atoms. The molecule has 0 aliphatic heterocycles. The summed E-state index contributed by atoms with van der Waals surface area (Å²) in [5.74, 6) is -4.72. The van der Waals surface area contributed by atoms with E-state index in [0.717, 1.165) is 18.6 Å². The molecule has 0 aromatic heterocycles. The fraction of sp³-hybridized carbons (Fsp3) is 0.182. The molecule has 1 aromatic rings.